The molecule has 0 bridgehead atoms. The molecule has 5 rings (SSSR count). The molecule has 0 spiro atoms. The van der Waals surface area contributed by atoms with Gasteiger partial charge in [-0.1, -0.05) is 36.0 Å². The molecule has 0 fully saturated rings. The second kappa shape index (κ2) is 9.37. The van der Waals surface area contributed by atoms with Crippen molar-refractivity contribution in [3.05, 3.63) is 52.0 Å². The van der Waals surface area contributed by atoms with Gasteiger partial charge < -0.3 is 14.8 Å². The largest absolute Gasteiger partial charge is 0.339 e. The molecule has 8 nitrogen and oxygen atoms in total. The van der Waals surface area contributed by atoms with Gasteiger partial charge in [-0.15, -0.1) is 11.3 Å². The van der Waals surface area contributed by atoms with E-state index in [1.165, 1.54) is 28.0 Å². The Balaban J connectivity index is 1.15. The maximum absolute atomic E-state index is 12.5. The predicted octanol–water partition coefficient (Wildman–Crippen LogP) is 4.87. The molecular weight excluding hydrogens is 456 g/mol. The number of hydrogen-bond donors (Lipinski definition) is 2. The number of nitrogens with one attached hydrogen (secondary N) is 2. The summed E-state index contributed by atoms with van der Waals surface area (Å²) in [5.74, 6) is 1.95. The maximum Gasteiger partial charge on any atom is 0.227 e. The maximum atomic E-state index is 12.5. The van der Waals surface area contributed by atoms with Crippen LogP contribution in [0.3, 0.4) is 0 Å². The summed E-state index contributed by atoms with van der Waals surface area (Å²) in [6.45, 7) is 2.22. The predicted molar refractivity (Wildman–Crippen MR) is 127 cm³/mol. The first-order valence-corrected chi connectivity index (χ1v) is 12.6. The number of aromatic nitrogens is 4. The quantitative estimate of drug-likeness (QED) is 0.364. The number of benzene rings is 1. The lowest BCUT2D eigenvalue weighted by atomic mass is 9.88. The van der Waals surface area contributed by atoms with E-state index in [0.717, 1.165) is 41.0 Å². The Bertz CT molecular complexity index is 1320. The first-order chi connectivity index (χ1) is 16.1. The monoisotopic (exact) mass is 478 g/mol. The molecule has 10 heteroatoms. The van der Waals surface area contributed by atoms with E-state index in [1.54, 1.807) is 0 Å². The van der Waals surface area contributed by atoms with Crippen LogP contribution in [0.15, 0.2) is 33.9 Å². The van der Waals surface area contributed by atoms with Crippen LogP contribution >= 0.6 is 23.1 Å². The van der Waals surface area contributed by atoms with Crippen LogP contribution < -0.4 is 5.32 Å². The van der Waals surface area contributed by atoms with Crippen LogP contribution in [0.2, 0.25) is 0 Å². The van der Waals surface area contributed by atoms with Gasteiger partial charge >= 0.3 is 0 Å². The standard InChI is InChI=1S/C23H22N6O2S2/c1-13-6-7-14-15(11-24)22(33-18(14)10-13)28-20(30)8-9-21-27-19(29-31-21)12-32-23-25-16-4-2-3-5-17(16)26-23/h2-5,13H,6-10,12H2,1H3,(H,25,26)(H,28,30)/t13-/m1/s1. The van der Waals surface area contributed by atoms with E-state index in [4.69, 9.17) is 4.52 Å². The Kier molecular flexibility index (Phi) is 6.15. The second-order valence-electron chi connectivity index (χ2n) is 8.17. The number of carbonyl (C=O) groups is 1. The lowest BCUT2D eigenvalue weighted by Gasteiger charge is -2.17. The molecule has 1 aliphatic carbocycles. The minimum Gasteiger partial charge on any atom is -0.339 e. The average molecular weight is 479 g/mol. The van der Waals surface area contributed by atoms with Gasteiger partial charge in [0.05, 0.1) is 22.3 Å². The van der Waals surface area contributed by atoms with Crippen molar-refractivity contribution in [3.8, 4) is 6.07 Å². The fraction of sp³-hybridized carbons (Fsp3) is 0.348. The van der Waals surface area contributed by atoms with Crippen LogP contribution in [0.5, 0.6) is 0 Å². The first-order valence-electron chi connectivity index (χ1n) is 10.8. The zero-order chi connectivity index (χ0) is 22.8. The lowest BCUT2D eigenvalue weighted by Crippen LogP contribution is -2.12. The number of fused-ring (bicyclic) bond motifs is 2. The molecule has 1 aliphatic rings. The number of aryl methyl sites for hydroxylation is 1. The van der Waals surface area contributed by atoms with Gasteiger partial charge in [-0.3, -0.25) is 4.79 Å². The minimum absolute atomic E-state index is 0.158. The number of carbonyl (C=O) groups excluding carboxylic acids is 1. The van der Waals surface area contributed by atoms with Gasteiger partial charge in [0.1, 0.15) is 11.1 Å². The van der Waals surface area contributed by atoms with Gasteiger partial charge in [0.15, 0.2) is 11.0 Å². The van der Waals surface area contributed by atoms with Crippen LogP contribution in [0.1, 0.15) is 47.5 Å². The Morgan fingerprint density at radius 3 is 3.12 bits per heavy atom. The number of imidazole rings is 1. The Morgan fingerprint density at radius 1 is 1.39 bits per heavy atom. The van der Waals surface area contributed by atoms with E-state index >= 15 is 0 Å². The van der Waals surface area contributed by atoms with Crippen molar-refractivity contribution >= 4 is 45.0 Å². The zero-order valence-electron chi connectivity index (χ0n) is 18.1. The fourth-order valence-corrected chi connectivity index (χ4v) is 6.05. The van der Waals surface area contributed by atoms with Crippen molar-refractivity contribution in [1.29, 1.82) is 5.26 Å². The zero-order valence-corrected chi connectivity index (χ0v) is 19.7. The van der Waals surface area contributed by atoms with Crippen LogP contribution in [0.4, 0.5) is 5.00 Å². The number of amides is 1. The van der Waals surface area contributed by atoms with Gasteiger partial charge in [0.25, 0.3) is 0 Å². The van der Waals surface area contributed by atoms with Gasteiger partial charge in [-0.2, -0.15) is 10.2 Å². The normalized spacial score (nSPS) is 15.3. The summed E-state index contributed by atoms with van der Waals surface area (Å²) >= 11 is 3.03. The molecule has 2 N–H and O–H groups in total. The summed E-state index contributed by atoms with van der Waals surface area (Å²) in [6.07, 6.45) is 3.52. The molecule has 0 radical (unpaired) electrons. The first kappa shape index (κ1) is 21.7. The highest BCUT2D eigenvalue weighted by Gasteiger charge is 2.24. The van der Waals surface area contributed by atoms with E-state index in [9.17, 15) is 10.1 Å². The third-order valence-corrected chi connectivity index (χ3v) is 7.70. The number of nitriles is 1. The van der Waals surface area contributed by atoms with Crippen molar-refractivity contribution in [2.45, 2.75) is 49.9 Å². The van der Waals surface area contributed by atoms with E-state index < -0.39 is 0 Å². The number of rotatable bonds is 7. The Morgan fingerprint density at radius 2 is 2.27 bits per heavy atom. The summed E-state index contributed by atoms with van der Waals surface area (Å²) < 4.78 is 5.30. The minimum atomic E-state index is -0.158. The summed E-state index contributed by atoms with van der Waals surface area (Å²) in [4.78, 5) is 25.9. The molecule has 0 saturated heterocycles. The number of para-hydroxylation sites is 2. The van der Waals surface area contributed by atoms with E-state index in [1.807, 2.05) is 24.3 Å². The Hall–Kier alpha value is -3.16. The molecule has 0 aliphatic heterocycles. The summed E-state index contributed by atoms with van der Waals surface area (Å²) in [6, 6.07) is 10.1. The molecule has 1 atom stereocenters. The highest BCUT2D eigenvalue weighted by Crippen LogP contribution is 2.39. The van der Waals surface area contributed by atoms with Crippen molar-refractivity contribution in [1.82, 2.24) is 20.1 Å². The van der Waals surface area contributed by atoms with Crippen molar-refractivity contribution < 1.29 is 9.32 Å². The van der Waals surface area contributed by atoms with E-state index in [-0.39, 0.29) is 12.3 Å². The van der Waals surface area contributed by atoms with Crippen LogP contribution in [-0.4, -0.2) is 26.0 Å². The number of aromatic amines is 1. The van der Waals surface area contributed by atoms with Crippen molar-refractivity contribution in [2.75, 3.05) is 5.32 Å². The fourth-order valence-electron chi connectivity index (χ4n) is 3.95. The lowest BCUT2D eigenvalue weighted by molar-refractivity contribution is -0.116. The van der Waals surface area contributed by atoms with Gasteiger partial charge in [0, 0.05) is 17.7 Å². The van der Waals surface area contributed by atoms with Crippen LogP contribution in [-0.2, 0) is 29.8 Å². The molecule has 3 aromatic heterocycles. The van der Waals surface area contributed by atoms with Crippen molar-refractivity contribution in [2.24, 2.45) is 5.92 Å². The number of anilines is 1. The second-order valence-corrected chi connectivity index (χ2v) is 10.2. The van der Waals surface area contributed by atoms with Crippen LogP contribution in [0.25, 0.3) is 11.0 Å². The third kappa shape index (κ3) is 4.79. The molecule has 33 heavy (non-hydrogen) atoms. The number of thiophene rings is 1. The average Bonchev–Trinajstić information content (AvgIpc) is 3.52. The van der Waals surface area contributed by atoms with Crippen LogP contribution in [0, 0.1) is 17.2 Å². The number of thioether (sulfide) groups is 1. The molecule has 1 amide bonds. The van der Waals surface area contributed by atoms with E-state index in [2.05, 4.69) is 38.4 Å². The highest BCUT2D eigenvalue weighted by molar-refractivity contribution is 7.98. The third-order valence-electron chi connectivity index (χ3n) is 5.66. The molecule has 3 heterocycles. The summed E-state index contributed by atoms with van der Waals surface area (Å²) in [5.41, 5.74) is 3.64. The smallest absolute Gasteiger partial charge is 0.227 e. The van der Waals surface area contributed by atoms with Gasteiger partial charge in [-0.05, 0) is 42.9 Å². The Labute approximate surface area is 198 Å². The molecular formula is C23H22N6O2S2. The molecule has 168 valence electrons. The molecule has 4 aromatic rings. The topological polar surface area (TPSA) is 120 Å². The molecule has 0 unspecified atom stereocenters. The number of hydrogen-bond acceptors (Lipinski definition) is 8. The van der Waals surface area contributed by atoms with Crippen molar-refractivity contribution in [3.63, 3.8) is 0 Å². The van der Waals surface area contributed by atoms with E-state index in [0.29, 0.717) is 40.4 Å². The van der Waals surface area contributed by atoms with Gasteiger partial charge in [-0.25, -0.2) is 4.98 Å². The highest BCUT2D eigenvalue weighted by atomic mass is 32.2. The SMILES string of the molecule is C[C@@H]1CCc2c(sc(NC(=O)CCc3nc(CSc4nc5ccccc5[nH]4)no3)c2C#N)C1. The number of nitrogens with zero attached hydrogens (tertiary/aromatic N) is 4. The number of H-pyrrole nitrogens is 1. The summed E-state index contributed by atoms with van der Waals surface area (Å²) in [5, 5.41) is 18.0. The summed E-state index contributed by atoms with van der Waals surface area (Å²) in [7, 11) is 0. The molecule has 1 aromatic carbocycles. The van der Waals surface area contributed by atoms with Gasteiger partial charge in [0.2, 0.25) is 11.8 Å². The molecule has 0 saturated carbocycles.